The van der Waals surface area contributed by atoms with Crippen LogP contribution in [0, 0.1) is 5.82 Å². The Kier molecular flexibility index (Phi) is 3.91. The average molecular weight is 281 g/mol. The van der Waals surface area contributed by atoms with E-state index in [9.17, 15) is 9.18 Å². The molecule has 1 amide bonds. The van der Waals surface area contributed by atoms with Crippen LogP contribution in [0.3, 0.4) is 0 Å². The van der Waals surface area contributed by atoms with Gasteiger partial charge in [0.05, 0.1) is 23.1 Å². The molecular formula is C12H10ClFN4O. The molecule has 0 atom stereocenters. The first-order valence-electron chi connectivity index (χ1n) is 5.37. The minimum absolute atomic E-state index is 0.00541. The quantitative estimate of drug-likeness (QED) is 0.907. The summed E-state index contributed by atoms with van der Waals surface area (Å²) in [6.45, 7) is 0. The summed E-state index contributed by atoms with van der Waals surface area (Å²) >= 11 is 5.63. The Labute approximate surface area is 113 Å². The summed E-state index contributed by atoms with van der Waals surface area (Å²) in [5.41, 5.74) is 0.0698. The van der Waals surface area contributed by atoms with Gasteiger partial charge in [0.25, 0.3) is 5.91 Å². The molecule has 0 aliphatic heterocycles. The second-order valence-electron chi connectivity index (χ2n) is 3.60. The van der Waals surface area contributed by atoms with E-state index in [1.165, 1.54) is 30.6 Å². The topological polar surface area (TPSA) is 66.9 Å². The van der Waals surface area contributed by atoms with Crippen molar-refractivity contribution < 1.29 is 9.18 Å². The van der Waals surface area contributed by atoms with Crippen molar-refractivity contribution in [1.82, 2.24) is 9.97 Å². The Bertz CT molecular complexity index is 620. The zero-order valence-electron chi connectivity index (χ0n) is 9.95. The molecule has 1 aromatic heterocycles. The van der Waals surface area contributed by atoms with Gasteiger partial charge >= 0.3 is 0 Å². The summed E-state index contributed by atoms with van der Waals surface area (Å²) in [5.74, 6) is -0.805. The van der Waals surface area contributed by atoms with Crippen LogP contribution in [0.1, 0.15) is 10.5 Å². The Morgan fingerprint density at radius 2 is 2.16 bits per heavy atom. The molecule has 0 saturated heterocycles. The monoisotopic (exact) mass is 280 g/mol. The van der Waals surface area contributed by atoms with Crippen LogP contribution in [-0.4, -0.2) is 22.9 Å². The molecule has 0 saturated carbocycles. The predicted octanol–water partition coefficient (Wildman–Crippen LogP) is 2.56. The molecule has 0 aliphatic rings. The molecule has 1 heterocycles. The van der Waals surface area contributed by atoms with Gasteiger partial charge in [-0.15, -0.1) is 0 Å². The van der Waals surface area contributed by atoms with Gasteiger partial charge in [-0.3, -0.25) is 9.78 Å². The molecular weight excluding hydrogens is 271 g/mol. The van der Waals surface area contributed by atoms with Crippen molar-refractivity contribution in [1.29, 1.82) is 0 Å². The van der Waals surface area contributed by atoms with Gasteiger partial charge in [-0.1, -0.05) is 17.7 Å². The van der Waals surface area contributed by atoms with E-state index in [1.54, 1.807) is 7.05 Å². The third kappa shape index (κ3) is 2.97. The number of nitrogens with zero attached hydrogens (tertiary/aromatic N) is 2. The third-order valence-corrected chi connectivity index (χ3v) is 2.62. The molecule has 0 spiro atoms. The molecule has 98 valence electrons. The van der Waals surface area contributed by atoms with Crippen LogP contribution in [0.4, 0.5) is 15.9 Å². The number of aromatic nitrogens is 2. The lowest BCUT2D eigenvalue weighted by atomic mass is 10.3. The van der Waals surface area contributed by atoms with E-state index in [0.29, 0.717) is 5.82 Å². The van der Waals surface area contributed by atoms with Crippen LogP contribution in [0.15, 0.2) is 30.6 Å². The summed E-state index contributed by atoms with van der Waals surface area (Å²) < 4.78 is 13.6. The lowest BCUT2D eigenvalue weighted by Crippen LogP contribution is -2.15. The van der Waals surface area contributed by atoms with Gasteiger partial charge in [-0.05, 0) is 12.1 Å². The first-order valence-corrected chi connectivity index (χ1v) is 5.75. The van der Waals surface area contributed by atoms with Gasteiger partial charge < -0.3 is 10.6 Å². The largest absolute Gasteiger partial charge is 0.372 e. The highest BCUT2D eigenvalue weighted by Crippen LogP contribution is 2.22. The number of hydrogen-bond acceptors (Lipinski definition) is 4. The zero-order chi connectivity index (χ0) is 13.8. The first-order chi connectivity index (χ1) is 9.11. The van der Waals surface area contributed by atoms with Gasteiger partial charge in [-0.25, -0.2) is 9.37 Å². The van der Waals surface area contributed by atoms with Gasteiger partial charge in [0.15, 0.2) is 5.82 Å². The lowest BCUT2D eigenvalue weighted by Gasteiger charge is -2.07. The van der Waals surface area contributed by atoms with E-state index in [-0.39, 0.29) is 16.4 Å². The highest BCUT2D eigenvalue weighted by atomic mass is 35.5. The number of carbonyl (C=O) groups is 1. The van der Waals surface area contributed by atoms with Crippen molar-refractivity contribution in [3.05, 3.63) is 47.1 Å². The van der Waals surface area contributed by atoms with E-state index in [4.69, 9.17) is 11.6 Å². The minimum atomic E-state index is -0.685. The number of benzene rings is 1. The summed E-state index contributed by atoms with van der Waals surface area (Å²) in [7, 11) is 1.66. The van der Waals surface area contributed by atoms with Crippen molar-refractivity contribution >= 4 is 29.0 Å². The number of halogens is 2. The fraction of sp³-hybridized carbons (Fsp3) is 0.0833. The maximum Gasteiger partial charge on any atom is 0.276 e. The number of carbonyl (C=O) groups excluding carboxylic acids is 1. The third-order valence-electron chi connectivity index (χ3n) is 2.32. The fourth-order valence-corrected chi connectivity index (χ4v) is 1.56. The molecule has 19 heavy (non-hydrogen) atoms. The van der Waals surface area contributed by atoms with Crippen molar-refractivity contribution in [2.75, 3.05) is 17.7 Å². The summed E-state index contributed by atoms with van der Waals surface area (Å²) in [4.78, 5) is 19.7. The summed E-state index contributed by atoms with van der Waals surface area (Å²) in [6.07, 6.45) is 2.76. The van der Waals surface area contributed by atoms with Crippen LogP contribution >= 0.6 is 11.6 Å². The molecule has 5 nitrogen and oxygen atoms in total. The molecule has 2 N–H and O–H groups in total. The molecule has 2 aromatic rings. The number of rotatable bonds is 3. The molecule has 0 aliphatic carbocycles. The van der Waals surface area contributed by atoms with Crippen LogP contribution in [-0.2, 0) is 0 Å². The number of anilines is 2. The van der Waals surface area contributed by atoms with Crippen LogP contribution in [0.5, 0.6) is 0 Å². The normalized spacial score (nSPS) is 10.1. The maximum absolute atomic E-state index is 13.6. The summed E-state index contributed by atoms with van der Waals surface area (Å²) in [6, 6.07) is 4.35. The van der Waals surface area contributed by atoms with E-state index < -0.39 is 11.7 Å². The van der Waals surface area contributed by atoms with Gasteiger partial charge in [-0.2, -0.15) is 0 Å². The number of hydrogen-bond donors (Lipinski definition) is 2. The highest BCUT2D eigenvalue weighted by Gasteiger charge is 2.13. The standard InChI is InChI=1S/C12H10ClFN4O/c1-15-10-6-16-5-9(17-10)12(19)18-8-4-2-3-7(13)11(8)14/h2-6H,1H3,(H,15,17)(H,18,19). The molecule has 0 bridgehead atoms. The Morgan fingerprint density at radius 1 is 1.37 bits per heavy atom. The second kappa shape index (κ2) is 5.62. The Hall–Kier alpha value is -2.21. The molecule has 0 fully saturated rings. The Morgan fingerprint density at radius 3 is 2.89 bits per heavy atom. The molecule has 0 radical (unpaired) electrons. The predicted molar refractivity (Wildman–Crippen MR) is 70.9 cm³/mol. The van der Waals surface area contributed by atoms with E-state index >= 15 is 0 Å². The maximum atomic E-state index is 13.6. The molecule has 0 unspecified atom stereocenters. The number of nitrogens with one attached hydrogen (secondary N) is 2. The van der Waals surface area contributed by atoms with Crippen LogP contribution < -0.4 is 10.6 Å². The zero-order valence-corrected chi connectivity index (χ0v) is 10.7. The number of amides is 1. The molecule has 2 rings (SSSR count). The van der Waals surface area contributed by atoms with E-state index in [0.717, 1.165) is 0 Å². The molecule has 7 heteroatoms. The van der Waals surface area contributed by atoms with E-state index in [2.05, 4.69) is 20.6 Å². The molecule has 1 aromatic carbocycles. The van der Waals surface area contributed by atoms with Gasteiger partial charge in [0, 0.05) is 7.05 Å². The van der Waals surface area contributed by atoms with Crippen molar-refractivity contribution in [2.45, 2.75) is 0 Å². The smallest absolute Gasteiger partial charge is 0.276 e. The minimum Gasteiger partial charge on any atom is -0.372 e. The van der Waals surface area contributed by atoms with Crippen LogP contribution in [0.2, 0.25) is 5.02 Å². The van der Waals surface area contributed by atoms with Crippen molar-refractivity contribution in [3.8, 4) is 0 Å². The van der Waals surface area contributed by atoms with Gasteiger partial charge in [0.2, 0.25) is 0 Å². The fourth-order valence-electron chi connectivity index (χ4n) is 1.38. The van der Waals surface area contributed by atoms with Crippen molar-refractivity contribution in [2.24, 2.45) is 0 Å². The Balaban J connectivity index is 2.23. The van der Waals surface area contributed by atoms with E-state index in [1.807, 2.05) is 0 Å². The average Bonchev–Trinajstić information content (AvgIpc) is 2.44. The second-order valence-corrected chi connectivity index (χ2v) is 4.00. The SMILES string of the molecule is CNc1cncc(C(=O)Nc2cccc(Cl)c2F)n1. The van der Waals surface area contributed by atoms with Gasteiger partial charge in [0.1, 0.15) is 11.5 Å². The highest BCUT2D eigenvalue weighted by molar-refractivity contribution is 6.31. The first kappa shape index (κ1) is 13.2. The lowest BCUT2D eigenvalue weighted by molar-refractivity contribution is 0.102. The van der Waals surface area contributed by atoms with Crippen LogP contribution in [0.25, 0.3) is 0 Å². The van der Waals surface area contributed by atoms with Crippen molar-refractivity contribution in [3.63, 3.8) is 0 Å². The summed E-state index contributed by atoms with van der Waals surface area (Å²) in [5, 5.41) is 5.09.